The van der Waals surface area contributed by atoms with E-state index in [9.17, 15) is 10.2 Å². The maximum atomic E-state index is 10.6. The monoisotopic (exact) mass is 328 g/mol. The molecule has 0 aliphatic heterocycles. The van der Waals surface area contributed by atoms with Crippen LogP contribution in [-0.2, 0) is 6.42 Å². The molecule has 2 rings (SSSR count). The standard InChI is InChI=1S/C22H32O2/c1-5-15(2)9-8-10-16(3)13-14-18-17(4)21(23)19-11-6-7-12-20(19)22(18)24/h6-7,11-12,15-16,23-24H,5,8-10,13-14H2,1-4H3/t15-,16+/m0/s1. The average molecular weight is 328 g/mol. The van der Waals surface area contributed by atoms with Crippen LogP contribution in [0.4, 0.5) is 0 Å². The van der Waals surface area contributed by atoms with E-state index in [4.69, 9.17) is 0 Å². The van der Waals surface area contributed by atoms with E-state index in [1.165, 1.54) is 25.7 Å². The normalized spacial score (nSPS) is 14.0. The first-order valence-electron chi connectivity index (χ1n) is 9.37. The zero-order valence-electron chi connectivity index (χ0n) is 15.6. The van der Waals surface area contributed by atoms with Crippen molar-refractivity contribution in [3.8, 4) is 11.5 Å². The molecule has 0 amide bonds. The lowest BCUT2D eigenvalue weighted by atomic mass is 9.90. The number of aromatic hydroxyl groups is 2. The Hall–Kier alpha value is -1.70. The molecule has 0 bridgehead atoms. The number of fused-ring (bicyclic) bond motifs is 1. The Morgan fingerprint density at radius 3 is 2.08 bits per heavy atom. The quantitative estimate of drug-likeness (QED) is 0.555. The number of benzene rings is 2. The Morgan fingerprint density at radius 1 is 0.875 bits per heavy atom. The Morgan fingerprint density at radius 2 is 1.46 bits per heavy atom. The maximum absolute atomic E-state index is 10.6. The van der Waals surface area contributed by atoms with Crippen LogP contribution < -0.4 is 0 Å². The summed E-state index contributed by atoms with van der Waals surface area (Å²) < 4.78 is 0. The molecule has 2 atom stereocenters. The largest absolute Gasteiger partial charge is 0.507 e. The van der Waals surface area contributed by atoms with Gasteiger partial charge >= 0.3 is 0 Å². The second-order valence-electron chi connectivity index (χ2n) is 7.43. The van der Waals surface area contributed by atoms with Crippen molar-refractivity contribution in [1.82, 2.24) is 0 Å². The maximum Gasteiger partial charge on any atom is 0.127 e. The van der Waals surface area contributed by atoms with Gasteiger partial charge in [-0.15, -0.1) is 0 Å². The molecule has 24 heavy (non-hydrogen) atoms. The van der Waals surface area contributed by atoms with Crippen molar-refractivity contribution in [2.75, 3.05) is 0 Å². The smallest absolute Gasteiger partial charge is 0.127 e. The lowest BCUT2D eigenvalue weighted by Crippen LogP contribution is -2.01. The van der Waals surface area contributed by atoms with Crippen molar-refractivity contribution >= 4 is 10.8 Å². The summed E-state index contributed by atoms with van der Waals surface area (Å²) in [5, 5.41) is 22.6. The van der Waals surface area contributed by atoms with Gasteiger partial charge in [-0.2, -0.15) is 0 Å². The van der Waals surface area contributed by atoms with E-state index in [0.717, 1.165) is 40.7 Å². The molecule has 0 aliphatic carbocycles. The molecule has 0 aliphatic rings. The van der Waals surface area contributed by atoms with Crippen LogP contribution in [0.1, 0.15) is 64.0 Å². The summed E-state index contributed by atoms with van der Waals surface area (Å²) in [6, 6.07) is 7.53. The van der Waals surface area contributed by atoms with Crippen LogP contribution in [-0.4, -0.2) is 10.2 Å². The third kappa shape index (κ3) is 4.23. The van der Waals surface area contributed by atoms with E-state index in [-0.39, 0.29) is 0 Å². The molecule has 0 heterocycles. The fourth-order valence-corrected chi connectivity index (χ4v) is 3.44. The van der Waals surface area contributed by atoms with E-state index in [0.29, 0.717) is 17.4 Å². The van der Waals surface area contributed by atoms with Crippen LogP contribution in [0.25, 0.3) is 10.8 Å². The summed E-state index contributed by atoms with van der Waals surface area (Å²) in [4.78, 5) is 0. The third-order valence-corrected chi connectivity index (χ3v) is 5.51. The molecular formula is C22H32O2. The molecular weight excluding hydrogens is 296 g/mol. The molecule has 0 saturated heterocycles. The van der Waals surface area contributed by atoms with Gasteiger partial charge in [-0.1, -0.05) is 70.7 Å². The van der Waals surface area contributed by atoms with Crippen molar-refractivity contribution in [1.29, 1.82) is 0 Å². The van der Waals surface area contributed by atoms with Crippen LogP contribution in [0, 0.1) is 18.8 Å². The van der Waals surface area contributed by atoms with Gasteiger partial charge in [-0.3, -0.25) is 0 Å². The number of phenols is 2. The minimum absolute atomic E-state index is 0.308. The van der Waals surface area contributed by atoms with Gasteiger partial charge in [0, 0.05) is 16.3 Å². The summed E-state index contributed by atoms with van der Waals surface area (Å²) in [5.74, 6) is 2.11. The Balaban J connectivity index is 2.05. The molecule has 2 aromatic rings. The van der Waals surface area contributed by atoms with Crippen LogP contribution in [0.3, 0.4) is 0 Å². The topological polar surface area (TPSA) is 40.5 Å². The lowest BCUT2D eigenvalue weighted by molar-refractivity contribution is 0.414. The molecule has 2 N–H and O–H groups in total. The van der Waals surface area contributed by atoms with Crippen molar-refractivity contribution in [2.45, 2.75) is 66.2 Å². The number of hydrogen-bond donors (Lipinski definition) is 2. The molecule has 0 spiro atoms. The van der Waals surface area contributed by atoms with Gasteiger partial charge in [0.25, 0.3) is 0 Å². The lowest BCUT2D eigenvalue weighted by Gasteiger charge is -2.17. The predicted octanol–water partition coefficient (Wildman–Crippen LogP) is 6.34. The summed E-state index contributed by atoms with van der Waals surface area (Å²) in [6.07, 6.45) is 6.96. The van der Waals surface area contributed by atoms with E-state index >= 15 is 0 Å². The highest BCUT2D eigenvalue weighted by atomic mass is 16.3. The molecule has 0 aromatic heterocycles. The summed E-state index contributed by atoms with van der Waals surface area (Å²) in [7, 11) is 0. The molecule has 2 aromatic carbocycles. The van der Waals surface area contributed by atoms with Crippen molar-refractivity contribution in [3.63, 3.8) is 0 Å². The van der Waals surface area contributed by atoms with Gasteiger partial charge in [0.2, 0.25) is 0 Å². The van der Waals surface area contributed by atoms with E-state index < -0.39 is 0 Å². The average Bonchev–Trinajstić information content (AvgIpc) is 2.59. The van der Waals surface area contributed by atoms with Crippen molar-refractivity contribution in [2.24, 2.45) is 11.8 Å². The Kier molecular flexibility index (Phi) is 6.53. The minimum atomic E-state index is 0.308. The molecule has 0 unspecified atom stereocenters. The van der Waals surface area contributed by atoms with E-state index in [1.54, 1.807) is 0 Å². The first-order chi connectivity index (χ1) is 11.5. The van der Waals surface area contributed by atoms with Gasteiger partial charge in [-0.25, -0.2) is 0 Å². The zero-order valence-corrected chi connectivity index (χ0v) is 15.6. The first-order valence-corrected chi connectivity index (χ1v) is 9.37. The van der Waals surface area contributed by atoms with Gasteiger partial charge < -0.3 is 10.2 Å². The molecule has 132 valence electrons. The predicted molar refractivity (Wildman–Crippen MR) is 103 cm³/mol. The van der Waals surface area contributed by atoms with Crippen LogP contribution >= 0.6 is 0 Å². The zero-order chi connectivity index (χ0) is 17.7. The minimum Gasteiger partial charge on any atom is -0.507 e. The van der Waals surface area contributed by atoms with E-state index in [2.05, 4.69) is 20.8 Å². The number of rotatable bonds is 8. The highest BCUT2D eigenvalue weighted by Crippen LogP contribution is 2.40. The van der Waals surface area contributed by atoms with Gasteiger partial charge in [-0.05, 0) is 37.2 Å². The SMILES string of the molecule is CC[C@H](C)CCC[C@@H](C)CCc1c(C)c(O)c2ccccc2c1O. The molecule has 2 nitrogen and oxygen atoms in total. The van der Waals surface area contributed by atoms with Crippen LogP contribution in [0.5, 0.6) is 11.5 Å². The summed E-state index contributed by atoms with van der Waals surface area (Å²) in [5.41, 5.74) is 1.72. The second kappa shape index (κ2) is 8.41. The van der Waals surface area contributed by atoms with Crippen LogP contribution in [0.15, 0.2) is 24.3 Å². The van der Waals surface area contributed by atoms with Crippen molar-refractivity contribution in [3.05, 3.63) is 35.4 Å². The summed E-state index contributed by atoms with van der Waals surface area (Å²) >= 11 is 0. The van der Waals surface area contributed by atoms with Gasteiger partial charge in [0.15, 0.2) is 0 Å². The highest BCUT2D eigenvalue weighted by molar-refractivity contribution is 5.95. The third-order valence-electron chi connectivity index (χ3n) is 5.51. The molecule has 0 radical (unpaired) electrons. The van der Waals surface area contributed by atoms with Crippen LogP contribution in [0.2, 0.25) is 0 Å². The van der Waals surface area contributed by atoms with Gasteiger partial charge in [0.1, 0.15) is 11.5 Å². The van der Waals surface area contributed by atoms with Gasteiger partial charge in [0.05, 0.1) is 0 Å². The fraction of sp³-hybridized carbons (Fsp3) is 0.545. The molecule has 2 heteroatoms. The fourth-order valence-electron chi connectivity index (χ4n) is 3.44. The first kappa shape index (κ1) is 18.6. The molecule has 0 fully saturated rings. The van der Waals surface area contributed by atoms with Crippen molar-refractivity contribution < 1.29 is 10.2 Å². The summed E-state index contributed by atoms with van der Waals surface area (Å²) in [6.45, 7) is 8.78. The Labute approximate surface area is 146 Å². The Bertz CT molecular complexity index is 675. The number of hydrogen-bond acceptors (Lipinski definition) is 2. The second-order valence-corrected chi connectivity index (χ2v) is 7.43. The number of phenolic OH excluding ortho intramolecular Hbond substituents is 2. The van der Waals surface area contributed by atoms with E-state index in [1.807, 2.05) is 31.2 Å². The highest BCUT2D eigenvalue weighted by Gasteiger charge is 2.16. The molecule has 0 saturated carbocycles.